The molecule has 0 atom stereocenters. The fraction of sp³-hybridized carbons (Fsp3) is 0.125. The quantitative estimate of drug-likeness (QED) is 0.688. The minimum Gasteiger partial charge on any atom is -0.443 e. The minimum atomic E-state index is -3.34. The summed E-state index contributed by atoms with van der Waals surface area (Å²) in [4.78, 5) is 17.4. The number of carbonyl (C=O) groups is 1. The molecule has 0 fully saturated rings. The summed E-state index contributed by atoms with van der Waals surface area (Å²) >= 11 is 1.52. The molecule has 0 aliphatic rings. The summed E-state index contributed by atoms with van der Waals surface area (Å²) in [6.45, 7) is 0.233. The number of oxazole rings is 1. The molecule has 25 heavy (non-hydrogen) atoms. The Morgan fingerprint density at radius 3 is 2.64 bits per heavy atom. The van der Waals surface area contributed by atoms with E-state index in [4.69, 9.17) is 4.42 Å². The monoisotopic (exact) mass is 377 g/mol. The van der Waals surface area contributed by atoms with E-state index in [2.05, 4.69) is 15.0 Å². The van der Waals surface area contributed by atoms with Crippen LogP contribution < -0.4 is 10.0 Å². The van der Waals surface area contributed by atoms with Gasteiger partial charge in [-0.25, -0.2) is 13.4 Å². The van der Waals surface area contributed by atoms with Crippen molar-refractivity contribution < 1.29 is 17.6 Å². The molecule has 2 N–H and O–H groups in total. The van der Waals surface area contributed by atoms with Crippen LogP contribution >= 0.6 is 11.3 Å². The molecule has 0 saturated heterocycles. The maximum absolute atomic E-state index is 12.1. The smallest absolute Gasteiger partial charge is 0.251 e. The predicted octanol–water partition coefficient (Wildman–Crippen LogP) is 2.70. The summed E-state index contributed by atoms with van der Waals surface area (Å²) in [6.07, 6.45) is 2.57. The van der Waals surface area contributed by atoms with Gasteiger partial charge in [-0.2, -0.15) is 0 Å². The molecule has 1 amide bonds. The first-order valence-electron chi connectivity index (χ1n) is 7.25. The average molecular weight is 377 g/mol. The van der Waals surface area contributed by atoms with E-state index in [1.807, 2.05) is 17.5 Å². The lowest BCUT2D eigenvalue weighted by molar-refractivity contribution is 0.0950. The van der Waals surface area contributed by atoms with Crippen LogP contribution in [0.2, 0.25) is 0 Å². The Balaban J connectivity index is 1.59. The van der Waals surface area contributed by atoms with Gasteiger partial charge < -0.3 is 9.73 Å². The summed E-state index contributed by atoms with van der Waals surface area (Å²) in [5.41, 5.74) is 1.43. The van der Waals surface area contributed by atoms with E-state index in [0.717, 1.165) is 11.1 Å². The number of sulfonamides is 1. The lowest BCUT2D eigenvalue weighted by atomic mass is 10.2. The summed E-state index contributed by atoms with van der Waals surface area (Å²) in [6, 6.07) is 9.96. The second kappa shape index (κ2) is 7.08. The van der Waals surface area contributed by atoms with Crippen LogP contribution in [-0.2, 0) is 16.6 Å². The van der Waals surface area contributed by atoms with Crippen molar-refractivity contribution in [3.63, 3.8) is 0 Å². The third-order valence-corrected chi connectivity index (χ3v) is 4.63. The third-order valence-electron chi connectivity index (χ3n) is 3.16. The average Bonchev–Trinajstić information content (AvgIpc) is 3.23. The predicted molar refractivity (Wildman–Crippen MR) is 95.9 cm³/mol. The minimum absolute atomic E-state index is 0.233. The summed E-state index contributed by atoms with van der Waals surface area (Å²) in [5.74, 6) is 0.238. The molecule has 0 radical (unpaired) electrons. The van der Waals surface area contributed by atoms with Crippen molar-refractivity contribution in [2.45, 2.75) is 6.54 Å². The first-order valence-corrected chi connectivity index (χ1v) is 10.0. The standard InChI is InChI=1S/C16H15N3O4S2/c1-25(21,22)19-12-6-4-11(5-7-12)15(20)17-9-13-10-23-16(18-13)14-3-2-8-24-14/h2-8,10,19H,9H2,1H3,(H,17,20). The number of anilines is 1. The molecule has 3 rings (SSSR count). The number of hydrogen-bond acceptors (Lipinski definition) is 6. The number of amides is 1. The van der Waals surface area contributed by atoms with Gasteiger partial charge in [0.15, 0.2) is 0 Å². The molecule has 1 aromatic carbocycles. The van der Waals surface area contributed by atoms with E-state index in [1.54, 1.807) is 12.1 Å². The summed E-state index contributed by atoms with van der Waals surface area (Å²) in [7, 11) is -3.34. The van der Waals surface area contributed by atoms with Gasteiger partial charge in [-0.15, -0.1) is 11.3 Å². The van der Waals surface area contributed by atoms with E-state index >= 15 is 0 Å². The number of nitrogens with zero attached hydrogens (tertiary/aromatic N) is 1. The zero-order valence-electron chi connectivity index (χ0n) is 13.2. The van der Waals surface area contributed by atoms with Crippen LogP contribution in [0.4, 0.5) is 5.69 Å². The van der Waals surface area contributed by atoms with Crippen LogP contribution in [0.1, 0.15) is 16.1 Å². The Labute approximate surface area is 148 Å². The van der Waals surface area contributed by atoms with Crippen molar-refractivity contribution >= 4 is 33.0 Å². The van der Waals surface area contributed by atoms with Gasteiger partial charge in [0, 0.05) is 11.3 Å². The highest BCUT2D eigenvalue weighted by Gasteiger charge is 2.10. The van der Waals surface area contributed by atoms with Crippen LogP contribution in [0.25, 0.3) is 10.8 Å². The van der Waals surface area contributed by atoms with Gasteiger partial charge in [0.25, 0.3) is 5.91 Å². The van der Waals surface area contributed by atoms with Crippen LogP contribution in [0, 0.1) is 0 Å². The Morgan fingerprint density at radius 1 is 1.24 bits per heavy atom. The van der Waals surface area contributed by atoms with Crippen molar-refractivity contribution in [2.24, 2.45) is 0 Å². The van der Waals surface area contributed by atoms with Gasteiger partial charge in [0.05, 0.1) is 23.4 Å². The maximum Gasteiger partial charge on any atom is 0.251 e. The molecule has 2 aromatic heterocycles. The number of nitrogens with one attached hydrogen (secondary N) is 2. The molecule has 0 unspecified atom stereocenters. The number of hydrogen-bond donors (Lipinski definition) is 2. The zero-order valence-corrected chi connectivity index (χ0v) is 14.9. The van der Waals surface area contributed by atoms with Gasteiger partial charge in [0.1, 0.15) is 6.26 Å². The SMILES string of the molecule is CS(=O)(=O)Nc1ccc(C(=O)NCc2coc(-c3cccs3)n2)cc1. The molecule has 2 heterocycles. The van der Waals surface area contributed by atoms with Crippen LogP contribution in [0.3, 0.4) is 0 Å². The lowest BCUT2D eigenvalue weighted by Gasteiger charge is -2.06. The van der Waals surface area contributed by atoms with Crippen molar-refractivity contribution in [1.29, 1.82) is 0 Å². The van der Waals surface area contributed by atoms with Crippen LogP contribution in [0.5, 0.6) is 0 Å². The Bertz CT molecular complexity index is 961. The largest absolute Gasteiger partial charge is 0.443 e. The van der Waals surface area contributed by atoms with E-state index < -0.39 is 10.0 Å². The number of rotatable bonds is 6. The first kappa shape index (κ1) is 17.2. The second-order valence-electron chi connectivity index (χ2n) is 5.26. The highest BCUT2D eigenvalue weighted by Crippen LogP contribution is 2.23. The fourth-order valence-corrected chi connectivity index (χ4v) is 3.30. The highest BCUT2D eigenvalue weighted by atomic mass is 32.2. The Kier molecular flexibility index (Phi) is 4.86. The van der Waals surface area contributed by atoms with Gasteiger partial charge in [-0.1, -0.05) is 6.07 Å². The van der Waals surface area contributed by atoms with Gasteiger partial charge in [-0.05, 0) is 35.7 Å². The molecular formula is C16H15N3O4S2. The highest BCUT2D eigenvalue weighted by molar-refractivity contribution is 7.92. The first-order chi connectivity index (χ1) is 11.9. The molecule has 130 valence electrons. The summed E-state index contributed by atoms with van der Waals surface area (Å²) < 4.78 is 30.1. The number of thiophene rings is 1. The molecule has 0 aliphatic carbocycles. The topological polar surface area (TPSA) is 101 Å². The van der Waals surface area contributed by atoms with Crippen LogP contribution in [-0.4, -0.2) is 25.6 Å². The number of carbonyl (C=O) groups excluding carboxylic acids is 1. The van der Waals surface area contributed by atoms with E-state index in [0.29, 0.717) is 22.8 Å². The molecule has 0 aliphatic heterocycles. The van der Waals surface area contributed by atoms with Crippen molar-refractivity contribution in [3.05, 3.63) is 59.3 Å². The van der Waals surface area contributed by atoms with Gasteiger partial charge in [0.2, 0.25) is 15.9 Å². The van der Waals surface area contributed by atoms with Crippen molar-refractivity contribution in [2.75, 3.05) is 11.0 Å². The van der Waals surface area contributed by atoms with Crippen molar-refractivity contribution in [1.82, 2.24) is 10.3 Å². The lowest BCUT2D eigenvalue weighted by Crippen LogP contribution is -2.23. The van der Waals surface area contributed by atoms with E-state index in [-0.39, 0.29) is 12.5 Å². The number of benzene rings is 1. The van der Waals surface area contributed by atoms with Crippen molar-refractivity contribution in [3.8, 4) is 10.8 Å². The number of aromatic nitrogens is 1. The third kappa shape index (κ3) is 4.68. The molecule has 7 nitrogen and oxygen atoms in total. The van der Waals surface area contributed by atoms with Gasteiger partial charge >= 0.3 is 0 Å². The molecule has 0 bridgehead atoms. The molecule has 0 saturated carbocycles. The molecule has 9 heteroatoms. The Hall–Kier alpha value is -2.65. The second-order valence-corrected chi connectivity index (χ2v) is 7.95. The Morgan fingerprint density at radius 2 is 2.00 bits per heavy atom. The normalized spacial score (nSPS) is 11.2. The molecule has 3 aromatic rings. The van der Waals surface area contributed by atoms with Crippen LogP contribution in [0.15, 0.2) is 52.5 Å². The van der Waals surface area contributed by atoms with E-state index in [9.17, 15) is 13.2 Å². The van der Waals surface area contributed by atoms with E-state index in [1.165, 1.54) is 29.7 Å². The molecule has 0 spiro atoms. The maximum atomic E-state index is 12.1. The zero-order chi connectivity index (χ0) is 17.9. The molecular weight excluding hydrogens is 362 g/mol. The fourth-order valence-electron chi connectivity index (χ4n) is 2.08. The summed E-state index contributed by atoms with van der Waals surface area (Å²) in [5, 5.41) is 4.68. The van der Waals surface area contributed by atoms with Gasteiger partial charge in [-0.3, -0.25) is 9.52 Å².